The molecule has 2 aromatic heterocycles. The monoisotopic (exact) mass is 299 g/mol. The average Bonchev–Trinajstić information content (AvgIpc) is 2.83. The molecule has 0 unspecified atom stereocenters. The zero-order chi connectivity index (χ0) is 14.8. The Kier molecular flexibility index (Phi) is 3.62. The number of hydrogen-bond acceptors (Lipinski definition) is 2. The summed E-state index contributed by atoms with van der Waals surface area (Å²) in [6, 6.07) is 11.3. The lowest BCUT2D eigenvalue weighted by atomic mass is 10.2. The Bertz CT molecular complexity index is 810. The lowest BCUT2D eigenvalue weighted by Crippen LogP contribution is -2.19. The number of fused-ring (bicyclic) bond motifs is 1. The Labute approximate surface area is 127 Å². The van der Waals surface area contributed by atoms with Gasteiger partial charge in [-0.3, -0.25) is 4.79 Å². The normalized spacial score (nSPS) is 10.8. The molecule has 2 heterocycles. The van der Waals surface area contributed by atoms with Gasteiger partial charge in [0.25, 0.3) is 0 Å². The maximum atomic E-state index is 12.1. The third-order valence-corrected chi connectivity index (χ3v) is 3.55. The fourth-order valence-corrected chi connectivity index (χ4v) is 2.43. The van der Waals surface area contributed by atoms with Gasteiger partial charge in [0.2, 0.25) is 5.91 Å². The summed E-state index contributed by atoms with van der Waals surface area (Å²) >= 11 is 5.96. The topological polar surface area (TPSA) is 46.9 Å². The molecule has 0 aliphatic carbocycles. The van der Waals surface area contributed by atoms with Crippen LogP contribution in [0.2, 0.25) is 5.02 Å². The number of nitrogens with zero attached hydrogens (tertiary/aromatic N) is 2. The maximum Gasteiger partial charge on any atom is 0.245 e. The summed E-state index contributed by atoms with van der Waals surface area (Å²) in [5, 5.41) is 4.53. The zero-order valence-corrected chi connectivity index (χ0v) is 12.3. The molecule has 4 nitrogen and oxygen atoms in total. The summed E-state index contributed by atoms with van der Waals surface area (Å²) in [7, 11) is 0. The van der Waals surface area contributed by atoms with Crippen LogP contribution in [0.5, 0.6) is 0 Å². The largest absolute Gasteiger partial charge is 0.338 e. The standard InChI is InChI=1S/C16H14ClN3O/c1-11-3-2-7-18-16(11)19-15(21)10-20-8-6-12-9-13(17)4-5-14(12)20/h2-9H,10H2,1H3,(H,18,19,21). The van der Waals surface area contributed by atoms with E-state index in [0.717, 1.165) is 16.5 Å². The van der Waals surface area contributed by atoms with Crippen molar-refractivity contribution in [1.82, 2.24) is 9.55 Å². The first kappa shape index (κ1) is 13.6. The van der Waals surface area contributed by atoms with E-state index < -0.39 is 0 Å². The van der Waals surface area contributed by atoms with Crippen molar-refractivity contribution < 1.29 is 4.79 Å². The summed E-state index contributed by atoms with van der Waals surface area (Å²) < 4.78 is 1.89. The molecule has 1 aromatic carbocycles. The summed E-state index contributed by atoms with van der Waals surface area (Å²) in [5.41, 5.74) is 1.92. The number of halogens is 1. The molecule has 0 radical (unpaired) electrons. The van der Waals surface area contributed by atoms with E-state index in [0.29, 0.717) is 10.8 Å². The predicted octanol–water partition coefficient (Wildman–Crippen LogP) is 3.64. The molecule has 5 heteroatoms. The Morgan fingerprint density at radius 2 is 2.19 bits per heavy atom. The minimum Gasteiger partial charge on any atom is -0.338 e. The number of carbonyl (C=O) groups is 1. The van der Waals surface area contributed by atoms with Gasteiger partial charge < -0.3 is 9.88 Å². The summed E-state index contributed by atoms with van der Waals surface area (Å²) in [4.78, 5) is 16.3. The zero-order valence-electron chi connectivity index (χ0n) is 11.5. The first-order valence-electron chi connectivity index (χ1n) is 6.59. The van der Waals surface area contributed by atoms with Crippen LogP contribution in [-0.2, 0) is 11.3 Å². The number of rotatable bonds is 3. The van der Waals surface area contributed by atoms with Crippen LogP contribution in [0, 0.1) is 6.92 Å². The highest BCUT2D eigenvalue weighted by molar-refractivity contribution is 6.31. The van der Waals surface area contributed by atoms with E-state index >= 15 is 0 Å². The second-order valence-corrected chi connectivity index (χ2v) is 5.30. The molecule has 0 fully saturated rings. The van der Waals surface area contributed by atoms with Crippen molar-refractivity contribution in [2.45, 2.75) is 13.5 Å². The van der Waals surface area contributed by atoms with Crippen molar-refractivity contribution in [3.63, 3.8) is 0 Å². The van der Waals surface area contributed by atoms with Crippen molar-refractivity contribution in [3.8, 4) is 0 Å². The van der Waals surface area contributed by atoms with Crippen molar-refractivity contribution in [2.75, 3.05) is 5.32 Å². The minimum atomic E-state index is -0.107. The van der Waals surface area contributed by atoms with Gasteiger partial charge in [-0.15, -0.1) is 0 Å². The lowest BCUT2D eigenvalue weighted by molar-refractivity contribution is -0.116. The number of hydrogen-bond donors (Lipinski definition) is 1. The van der Waals surface area contributed by atoms with E-state index in [-0.39, 0.29) is 12.5 Å². The molecule has 0 saturated heterocycles. The predicted molar refractivity (Wildman–Crippen MR) is 84.6 cm³/mol. The third-order valence-electron chi connectivity index (χ3n) is 3.31. The molecule has 1 amide bonds. The van der Waals surface area contributed by atoms with E-state index in [2.05, 4.69) is 10.3 Å². The van der Waals surface area contributed by atoms with E-state index in [1.807, 2.05) is 54.1 Å². The van der Waals surface area contributed by atoms with Crippen LogP contribution in [0.25, 0.3) is 10.9 Å². The molecule has 1 N–H and O–H groups in total. The number of aryl methyl sites for hydroxylation is 1. The Morgan fingerprint density at radius 1 is 1.33 bits per heavy atom. The van der Waals surface area contributed by atoms with Gasteiger partial charge in [-0.05, 0) is 42.8 Å². The number of nitrogens with one attached hydrogen (secondary N) is 1. The van der Waals surface area contributed by atoms with Gasteiger partial charge in [-0.25, -0.2) is 4.98 Å². The van der Waals surface area contributed by atoms with Gasteiger partial charge in [0, 0.05) is 28.3 Å². The van der Waals surface area contributed by atoms with E-state index in [4.69, 9.17) is 11.6 Å². The van der Waals surface area contributed by atoms with E-state index in [9.17, 15) is 4.79 Å². The van der Waals surface area contributed by atoms with Gasteiger partial charge in [0.15, 0.2) is 0 Å². The number of pyridine rings is 1. The van der Waals surface area contributed by atoms with Crippen LogP contribution in [0.15, 0.2) is 48.8 Å². The van der Waals surface area contributed by atoms with Gasteiger partial charge in [-0.2, -0.15) is 0 Å². The average molecular weight is 300 g/mol. The van der Waals surface area contributed by atoms with Crippen LogP contribution in [0.1, 0.15) is 5.56 Å². The number of aromatic nitrogens is 2. The van der Waals surface area contributed by atoms with Gasteiger partial charge >= 0.3 is 0 Å². The molecule has 0 aliphatic rings. The maximum absolute atomic E-state index is 12.1. The van der Waals surface area contributed by atoms with Gasteiger partial charge in [0.05, 0.1) is 0 Å². The Balaban J connectivity index is 1.79. The summed E-state index contributed by atoms with van der Waals surface area (Å²) in [6.07, 6.45) is 3.54. The van der Waals surface area contributed by atoms with E-state index in [1.54, 1.807) is 6.20 Å². The molecule has 3 rings (SSSR count). The van der Waals surface area contributed by atoms with Crippen LogP contribution in [-0.4, -0.2) is 15.5 Å². The molecule has 0 bridgehead atoms. The molecular weight excluding hydrogens is 286 g/mol. The SMILES string of the molecule is Cc1cccnc1NC(=O)Cn1ccc2cc(Cl)ccc21. The van der Waals surface area contributed by atoms with E-state index in [1.165, 1.54) is 0 Å². The van der Waals surface area contributed by atoms with Gasteiger partial charge in [0.1, 0.15) is 12.4 Å². The number of amides is 1. The third kappa shape index (κ3) is 2.90. The minimum absolute atomic E-state index is 0.107. The highest BCUT2D eigenvalue weighted by atomic mass is 35.5. The number of anilines is 1. The fourth-order valence-electron chi connectivity index (χ4n) is 2.25. The molecule has 21 heavy (non-hydrogen) atoms. The molecule has 3 aromatic rings. The summed E-state index contributed by atoms with van der Waals surface area (Å²) in [6.45, 7) is 2.15. The number of carbonyl (C=O) groups excluding carboxylic acids is 1. The highest BCUT2D eigenvalue weighted by Gasteiger charge is 2.08. The Morgan fingerprint density at radius 3 is 3.00 bits per heavy atom. The quantitative estimate of drug-likeness (QED) is 0.802. The second-order valence-electron chi connectivity index (χ2n) is 4.86. The molecular formula is C16H14ClN3O. The fraction of sp³-hybridized carbons (Fsp3) is 0.125. The first-order valence-corrected chi connectivity index (χ1v) is 6.97. The first-order chi connectivity index (χ1) is 10.1. The molecule has 106 valence electrons. The van der Waals surface area contributed by atoms with Crippen molar-refractivity contribution >= 4 is 34.2 Å². The van der Waals surface area contributed by atoms with Crippen molar-refractivity contribution in [3.05, 3.63) is 59.4 Å². The van der Waals surface area contributed by atoms with Crippen LogP contribution < -0.4 is 5.32 Å². The summed E-state index contributed by atoms with van der Waals surface area (Å²) in [5.74, 6) is 0.492. The molecule has 0 aliphatic heterocycles. The van der Waals surface area contributed by atoms with Crippen LogP contribution in [0.3, 0.4) is 0 Å². The molecule has 0 atom stereocenters. The van der Waals surface area contributed by atoms with Gasteiger partial charge in [-0.1, -0.05) is 17.7 Å². The lowest BCUT2D eigenvalue weighted by Gasteiger charge is -2.08. The molecule has 0 spiro atoms. The molecule has 0 saturated carbocycles. The van der Waals surface area contributed by atoms with Crippen LogP contribution >= 0.6 is 11.6 Å². The van der Waals surface area contributed by atoms with Crippen molar-refractivity contribution in [2.24, 2.45) is 0 Å². The van der Waals surface area contributed by atoms with Crippen molar-refractivity contribution in [1.29, 1.82) is 0 Å². The van der Waals surface area contributed by atoms with Crippen LogP contribution in [0.4, 0.5) is 5.82 Å². The Hall–Kier alpha value is -2.33. The smallest absolute Gasteiger partial charge is 0.245 e. The number of benzene rings is 1. The second kappa shape index (κ2) is 5.58. The highest BCUT2D eigenvalue weighted by Crippen LogP contribution is 2.20.